The van der Waals surface area contributed by atoms with E-state index >= 15 is 0 Å². The third-order valence-corrected chi connectivity index (χ3v) is 3.95. The number of aryl methyl sites for hydroxylation is 1. The van der Waals surface area contributed by atoms with Crippen LogP contribution in [0.3, 0.4) is 0 Å². The SMILES string of the molecule is Cn1c(=O)c(=O)n(C2CCNCC2)c2ncc(C#N)cc21. The maximum atomic E-state index is 12.4. The molecule has 2 aromatic rings. The van der Waals surface area contributed by atoms with Crippen molar-refractivity contribution in [3.05, 3.63) is 38.5 Å². The van der Waals surface area contributed by atoms with E-state index in [9.17, 15) is 9.59 Å². The fourth-order valence-electron chi connectivity index (χ4n) is 2.80. The molecule has 1 aliphatic heterocycles. The molecule has 2 aromatic heterocycles. The third-order valence-electron chi connectivity index (χ3n) is 3.95. The molecular formula is C14H15N5O2. The van der Waals surface area contributed by atoms with Gasteiger partial charge >= 0.3 is 11.1 Å². The topological polar surface area (TPSA) is 92.7 Å². The Bertz CT molecular complexity index is 853. The molecule has 0 saturated carbocycles. The Labute approximate surface area is 120 Å². The van der Waals surface area contributed by atoms with Gasteiger partial charge in [0.1, 0.15) is 6.07 Å². The van der Waals surface area contributed by atoms with Crippen LogP contribution in [0.25, 0.3) is 11.2 Å². The number of nitrogens with zero attached hydrogens (tertiary/aromatic N) is 4. The van der Waals surface area contributed by atoms with E-state index in [4.69, 9.17) is 5.26 Å². The van der Waals surface area contributed by atoms with Crippen molar-refractivity contribution in [2.45, 2.75) is 18.9 Å². The minimum Gasteiger partial charge on any atom is -0.317 e. The molecular weight excluding hydrogens is 270 g/mol. The molecule has 0 bridgehead atoms. The molecule has 0 amide bonds. The van der Waals surface area contributed by atoms with Gasteiger partial charge < -0.3 is 9.88 Å². The summed E-state index contributed by atoms with van der Waals surface area (Å²) < 4.78 is 2.77. The number of piperidine rings is 1. The van der Waals surface area contributed by atoms with Crippen molar-refractivity contribution in [2.75, 3.05) is 13.1 Å². The first-order valence-electron chi connectivity index (χ1n) is 6.85. The average Bonchev–Trinajstić information content (AvgIpc) is 2.54. The molecule has 0 spiro atoms. The first-order chi connectivity index (χ1) is 10.1. The Morgan fingerprint density at radius 3 is 2.71 bits per heavy atom. The molecule has 0 unspecified atom stereocenters. The van der Waals surface area contributed by atoms with Gasteiger partial charge in [-0.25, -0.2) is 4.98 Å². The van der Waals surface area contributed by atoms with Gasteiger partial charge in [-0.3, -0.25) is 14.2 Å². The van der Waals surface area contributed by atoms with Gasteiger partial charge in [-0.05, 0) is 32.0 Å². The van der Waals surface area contributed by atoms with Crippen molar-refractivity contribution >= 4 is 11.2 Å². The summed E-state index contributed by atoms with van der Waals surface area (Å²) >= 11 is 0. The van der Waals surface area contributed by atoms with Crippen LogP contribution in [-0.2, 0) is 7.05 Å². The quantitative estimate of drug-likeness (QED) is 0.738. The van der Waals surface area contributed by atoms with Gasteiger partial charge in [0.2, 0.25) is 0 Å². The second-order valence-corrected chi connectivity index (χ2v) is 5.20. The fourth-order valence-corrected chi connectivity index (χ4v) is 2.80. The summed E-state index contributed by atoms with van der Waals surface area (Å²) in [4.78, 5) is 28.8. The number of aromatic nitrogens is 3. The molecule has 21 heavy (non-hydrogen) atoms. The lowest BCUT2D eigenvalue weighted by Gasteiger charge is -2.25. The molecule has 0 atom stereocenters. The Morgan fingerprint density at radius 1 is 1.33 bits per heavy atom. The van der Waals surface area contributed by atoms with Crippen molar-refractivity contribution in [1.29, 1.82) is 5.26 Å². The van der Waals surface area contributed by atoms with Gasteiger partial charge in [0.15, 0.2) is 5.65 Å². The highest BCUT2D eigenvalue weighted by atomic mass is 16.2. The Morgan fingerprint density at radius 2 is 2.05 bits per heavy atom. The molecule has 3 rings (SSSR count). The number of fused-ring (bicyclic) bond motifs is 1. The van der Waals surface area contributed by atoms with E-state index in [-0.39, 0.29) is 6.04 Å². The van der Waals surface area contributed by atoms with E-state index in [0.717, 1.165) is 25.9 Å². The number of hydrogen-bond acceptors (Lipinski definition) is 5. The normalized spacial score (nSPS) is 16.0. The summed E-state index contributed by atoms with van der Waals surface area (Å²) in [7, 11) is 1.53. The van der Waals surface area contributed by atoms with E-state index in [2.05, 4.69) is 10.3 Å². The van der Waals surface area contributed by atoms with Gasteiger partial charge in [0.05, 0.1) is 11.1 Å². The number of hydrogen-bond donors (Lipinski definition) is 1. The molecule has 1 saturated heterocycles. The van der Waals surface area contributed by atoms with Crippen molar-refractivity contribution in [2.24, 2.45) is 7.05 Å². The molecule has 3 heterocycles. The minimum atomic E-state index is -0.585. The fraction of sp³-hybridized carbons (Fsp3) is 0.429. The second kappa shape index (κ2) is 5.14. The molecule has 0 radical (unpaired) electrons. The van der Waals surface area contributed by atoms with Crippen LogP contribution in [0.2, 0.25) is 0 Å². The van der Waals surface area contributed by atoms with Crippen LogP contribution in [0.4, 0.5) is 0 Å². The molecule has 7 nitrogen and oxygen atoms in total. The van der Waals surface area contributed by atoms with E-state index in [1.54, 1.807) is 6.07 Å². The minimum absolute atomic E-state index is 0.0319. The van der Waals surface area contributed by atoms with Crippen LogP contribution in [0, 0.1) is 11.3 Å². The third kappa shape index (κ3) is 2.14. The van der Waals surface area contributed by atoms with Gasteiger partial charge in [-0.2, -0.15) is 5.26 Å². The molecule has 108 valence electrons. The first-order valence-corrected chi connectivity index (χ1v) is 6.85. The maximum absolute atomic E-state index is 12.4. The average molecular weight is 285 g/mol. The lowest BCUT2D eigenvalue weighted by Crippen LogP contribution is -2.44. The van der Waals surface area contributed by atoms with Crippen LogP contribution >= 0.6 is 0 Å². The highest BCUT2D eigenvalue weighted by Crippen LogP contribution is 2.20. The van der Waals surface area contributed by atoms with Crippen LogP contribution in [0.15, 0.2) is 21.9 Å². The molecule has 1 aliphatic rings. The van der Waals surface area contributed by atoms with E-state index in [0.29, 0.717) is 16.7 Å². The Kier molecular flexibility index (Phi) is 3.31. The van der Waals surface area contributed by atoms with Crippen molar-refractivity contribution in [3.8, 4) is 6.07 Å². The van der Waals surface area contributed by atoms with Gasteiger partial charge in [-0.1, -0.05) is 0 Å². The summed E-state index contributed by atoms with van der Waals surface area (Å²) in [6.45, 7) is 1.62. The van der Waals surface area contributed by atoms with E-state index < -0.39 is 11.1 Å². The zero-order valence-electron chi connectivity index (χ0n) is 11.7. The molecule has 1 N–H and O–H groups in total. The van der Waals surface area contributed by atoms with Gasteiger partial charge in [-0.15, -0.1) is 0 Å². The largest absolute Gasteiger partial charge is 0.318 e. The van der Waals surface area contributed by atoms with Crippen LogP contribution in [0.5, 0.6) is 0 Å². The summed E-state index contributed by atoms with van der Waals surface area (Å²) in [6.07, 6.45) is 3.00. The lowest BCUT2D eigenvalue weighted by molar-refractivity contribution is 0.365. The monoisotopic (exact) mass is 285 g/mol. The van der Waals surface area contributed by atoms with Crippen LogP contribution < -0.4 is 16.4 Å². The predicted molar refractivity (Wildman–Crippen MR) is 77.1 cm³/mol. The molecule has 7 heteroatoms. The molecule has 0 aliphatic carbocycles. The van der Waals surface area contributed by atoms with Crippen molar-refractivity contribution in [3.63, 3.8) is 0 Å². The summed E-state index contributed by atoms with van der Waals surface area (Å²) in [5.41, 5.74) is 0.213. The number of nitrogens with one attached hydrogen (secondary N) is 1. The van der Waals surface area contributed by atoms with E-state index in [1.807, 2.05) is 6.07 Å². The van der Waals surface area contributed by atoms with Gasteiger partial charge in [0.25, 0.3) is 0 Å². The maximum Gasteiger partial charge on any atom is 0.318 e. The predicted octanol–water partition coefficient (Wildman–Crippen LogP) is -0.109. The summed E-state index contributed by atoms with van der Waals surface area (Å²) in [5, 5.41) is 12.2. The molecule has 0 aromatic carbocycles. The van der Waals surface area contributed by atoms with E-state index in [1.165, 1.54) is 22.4 Å². The van der Waals surface area contributed by atoms with Crippen molar-refractivity contribution in [1.82, 2.24) is 19.4 Å². The zero-order chi connectivity index (χ0) is 15.0. The highest BCUT2D eigenvalue weighted by molar-refractivity contribution is 5.72. The second-order valence-electron chi connectivity index (χ2n) is 5.20. The Hall–Kier alpha value is -2.46. The van der Waals surface area contributed by atoms with Crippen molar-refractivity contribution < 1.29 is 0 Å². The zero-order valence-corrected chi connectivity index (χ0v) is 11.7. The van der Waals surface area contributed by atoms with Crippen LogP contribution in [-0.4, -0.2) is 27.2 Å². The summed E-state index contributed by atoms with van der Waals surface area (Å²) in [5.74, 6) is 0. The lowest BCUT2D eigenvalue weighted by atomic mass is 10.1. The highest BCUT2D eigenvalue weighted by Gasteiger charge is 2.21. The molecule has 1 fully saturated rings. The number of rotatable bonds is 1. The number of nitriles is 1. The van der Waals surface area contributed by atoms with Gasteiger partial charge in [0, 0.05) is 19.3 Å². The standard InChI is InChI=1S/C14H15N5O2/c1-18-11-6-9(7-15)8-17-12(11)19(14(21)13(18)20)10-2-4-16-5-3-10/h6,8,10,16H,2-5H2,1H3. The number of pyridine rings is 1. The first kappa shape index (κ1) is 13.5. The smallest absolute Gasteiger partial charge is 0.317 e. The van der Waals surface area contributed by atoms with Crippen LogP contribution in [0.1, 0.15) is 24.4 Å². The summed E-state index contributed by atoms with van der Waals surface area (Å²) in [6, 6.07) is 3.57. The Balaban J connectivity index is 2.35.